The van der Waals surface area contributed by atoms with Gasteiger partial charge in [0.2, 0.25) is 5.91 Å². The predicted octanol–water partition coefficient (Wildman–Crippen LogP) is 3.58. The van der Waals surface area contributed by atoms with E-state index in [1.54, 1.807) is 25.3 Å². The highest BCUT2D eigenvalue weighted by atomic mass is 16.5. The standard InChI is InChI=1S/C27H30N4O5/c1-35-22-12-10-16(14-23(22)36-2)15-31-26(33)21(30-27(31)34)11-13-24(32)28-20-9-5-7-18-17-6-3-4-8-19(17)29-25(18)20/h3-4,6,8,10,12,14,20-21,29H,5,7,9,11,13,15H2,1-2H3,(H,28,32)(H,30,34)/t20-,21+/m0/s1. The number of rotatable bonds is 8. The fourth-order valence-corrected chi connectivity index (χ4v) is 5.19. The van der Waals surface area contributed by atoms with Crippen LogP contribution in [0.5, 0.6) is 11.5 Å². The van der Waals surface area contributed by atoms with Gasteiger partial charge in [-0.25, -0.2) is 4.79 Å². The first-order valence-corrected chi connectivity index (χ1v) is 12.2. The van der Waals surface area contributed by atoms with Crippen LogP contribution in [0.1, 0.15) is 48.5 Å². The largest absolute Gasteiger partial charge is 0.493 e. The number of hydrogen-bond acceptors (Lipinski definition) is 5. The van der Waals surface area contributed by atoms with E-state index in [-0.39, 0.29) is 37.2 Å². The molecule has 1 fully saturated rings. The summed E-state index contributed by atoms with van der Waals surface area (Å²) in [5.74, 6) is 0.626. The van der Waals surface area contributed by atoms with Crippen LogP contribution in [0, 0.1) is 0 Å². The number of imide groups is 1. The van der Waals surface area contributed by atoms with Crippen LogP contribution < -0.4 is 20.1 Å². The minimum atomic E-state index is -0.724. The molecule has 1 aliphatic carbocycles. The van der Waals surface area contributed by atoms with Gasteiger partial charge < -0.3 is 25.1 Å². The molecule has 0 spiro atoms. The van der Waals surface area contributed by atoms with E-state index in [4.69, 9.17) is 9.47 Å². The summed E-state index contributed by atoms with van der Waals surface area (Å²) in [7, 11) is 3.08. The van der Waals surface area contributed by atoms with E-state index in [2.05, 4.69) is 27.8 Å². The van der Waals surface area contributed by atoms with E-state index in [0.717, 1.165) is 36.0 Å². The van der Waals surface area contributed by atoms with Crippen molar-refractivity contribution in [3.8, 4) is 11.5 Å². The number of methoxy groups -OCH3 is 2. The van der Waals surface area contributed by atoms with Crippen LogP contribution in [0.25, 0.3) is 10.9 Å². The lowest BCUT2D eigenvalue weighted by Crippen LogP contribution is -2.34. The molecule has 36 heavy (non-hydrogen) atoms. The minimum absolute atomic E-state index is 0.0796. The summed E-state index contributed by atoms with van der Waals surface area (Å²) >= 11 is 0. The van der Waals surface area contributed by atoms with Crippen LogP contribution in [0.4, 0.5) is 4.79 Å². The van der Waals surface area contributed by atoms with Crippen LogP contribution in [0.15, 0.2) is 42.5 Å². The molecule has 2 atom stereocenters. The summed E-state index contributed by atoms with van der Waals surface area (Å²) in [6.07, 6.45) is 3.24. The molecule has 5 rings (SSSR count). The van der Waals surface area contributed by atoms with E-state index in [9.17, 15) is 14.4 Å². The molecule has 0 saturated carbocycles. The third-order valence-corrected chi connectivity index (χ3v) is 7.01. The molecule has 0 unspecified atom stereocenters. The second-order valence-electron chi connectivity index (χ2n) is 9.23. The first kappa shape index (κ1) is 23.7. The predicted molar refractivity (Wildman–Crippen MR) is 134 cm³/mol. The van der Waals surface area contributed by atoms with E-state index >= 15 is 0 Å². The molecule has 3 N–H and O–H groups in total. The lowest BCUT2D eigenvalue weighted by molar-refractivity contribution is -0.128. The Kier molecular flexibility index (Phi) is 6.54. The smallest absolute Gasteiger partial charge is 0.325 e. The van der Waals surface area contributed by atoms with Crippen molar-refractivity contribution in [2.24, 2.45) is 0 Å². The lowest BCUT2D eigenvalue weighted by Gasteiger charge is -2.24. The second-order valence-corrected chi connectivity index (χ2v) is 9.23. The number of aromatic nitrogens is 1. The van der Waals surface area contributed by atoms with Crippen LogP contribution in [0.3, 0.4) is 0 Å². The molecule has 9 nitrogen and oxygen atoms in total. The first-order valence-electron chi connectivity index (χ1n) is 12.2. The summed E-state index contributed by atoms with van der Waals surface area (Å²) in [5.41, 5.74) is 4.16. The number of aromatic amines is 1. The summed E-state index contributed by atoms with van der Waals surface area (Å²) in [6, 6.07) is 12.2. The maximum Gasteiger partial charge on any atom is 0.325 e. The Morgan fingerprint density at radius 1 is 1.11 bits per heavy atom. The molecular formula is C27H30N4O5. The number of carbonyl (C=O) groups excluding carboxylic acids is 3. The molecule has 4 amide bonds. The van der Waals surface area contributed by atoms with Gasteiger partial charge in [-0.3, -0.25) is 14.5 Å². The number of ether oxygens (including phenoxy) is 2. The molecule has 2 heterocycles. The van der Waals surface area contributed by atoms with Crippen molar-refractivity contribution < 1.29 is 23.9 Å². The highest BCUT2D eigenvalue weighted by Crippen LogP contribution is 2.34. The van der Waals surface area contributed by atoms with Crippen molar-refractivity contribution >= 4 is 28.7 Å². The number of fused-ring (bicyclic) bond motifs is 3. The average Bonchev–Trinajstić information content (AvgIpc) is 3.40. The van der Waals surface area contributed by atoms with Gasteiger partial charge in [0, 0.05) is 23.0 Å². The molecule has 1 aliphatic heterocycles. The van der Waals surface area contributed by atoms with Crippen LogP contribution in [-0.4, -0.2) is 48.0 Å². The third kappa shape index (κ3) is 4.48. The number of amides is 4. The topological polar surface area (TPSA) is 113 Å². The van der Waals surface area contributed by atoms with Crippen molar-refractivity contribution in [3.63, 3.8) is 0 Å². The fourth-order valence-electron chi connectivity index (χ4n) is 5.19. The van der Waals surface area contributed by atoms with Gasteiger partial charge in [0.1, 0.15) is 6.04 Å². The highest BCUT2D eigenvalue weighted by Gasteiger charge is 2.38. The second kappa shape index (κ2) is 9.93. The molecule has 1 aromatic heterocycles. The molecule has 2 aromatic carbocycles. The monoisotopic (exact) mass is 490 g/mol. The van der Waals surface area contributed by atoms with Crippen molar-refractivity contribution in [2.75, 3.05) is 14.2 Å². The molecule has 1 saturated heterocycles. The summed E-state index contributed by atoms with van der Waals surface area (Å²) in [5, 5.41) is 7.05. The Balaban J connectivity index is 1.19. The Labute approximate surface area is 209 Å². The fraction of sp³-hybridized carbons (Fsp3) is 0.370. The summed E-state index contributed by atoms with van der Waals surface area (Å²) in [4.78, 5) is 42.8. The number of nitrogens with one attached hydrogen (secondary N) is 3. The number of carbonyl (C=O) groups is 3. The van der Waals surface area contributed by atoms with Crippen molar-refractivity contribution in [2.45, 2.75) is 50.7 Å². The molecular weight excluding hydrogens is 460 g/mol. The first-order chi connectivity index (χ1) is 17.5. The number of urea groups is 1. The third-order valence-electron chi connectivity index (χ3n) is 7.01. The van der Waals surface area contributed by atoms with Crippen LogP contribution >= 0.6 is 0 Å². The molecule has 0 bridgehead atoms. The average molecular weight is 491 g/mol. The zero-order valence-electron chi connectivity index (χ0n) is 20.4. The van der Waals surface area contributed by atoms with Crippen LogP contribution in [0.2, 0.25) is 0 Å². The summed E-state index contributed by atoms with van der Waals surface area (Å²) < 4.78 is 10.5. The molecule has 2 aliphatic rings. The van der Waals surface area contributed by atoms with Gasteiger partial charge in [-0.1, -0.05) is 24.3 Å². The number of H-pyrrole nitrogens is 1. The van der Waals surface area contributed by atoms with Crippen molar-refractivity contribution in [3.05, 3.63) is 59.3 Å². The van der Waals surface area contributed by atoms with Gasteiger partial charge in [0.05, 0.1) is 26.8 Å². The number of benzene rings is 2. The van der Waals surface area contributed by atoms with Gasteiger partial charge in [-0.2, -0.15) is 0 Å². The van der Waals surface area contributed by atoms with Crippen LogP contribution in [-0.2, 0) is 22.6 Å². The number of hydrogen-bond donors (Lipinski definition) is 3. The van der Waals surface area contributed by atoms with Crippen molar-refractivity contribution in [1.29, 1.82) is 0 Å². The Hall–Kier alpha value is -4.01. The number of para-hydroxylation sites is 1. The van der Waals surface area contributed by atoms with E-state index in [1.165, 1.54) is 23.0 Å². The zero-order valence-corrected chi connectivity index (χ0v) is 20.4. The van der Waals surface area contributed by atoms with E-state index < -0.39 is 12.1 Å². The normalized spacial score (nSPS) is 19.2. The van der Waals surface area contributed by atoms with Gasteiger partial charge in [0.15, 0.2) is 11.5 Å². The summed E-state index contributed by atoms with van der Waals surface area (Å²) in [6.45, 7) is 0.110. The van der Waals surface area contributed by atoms with Crippen molar-refractivity contribution in [1.82, 2.24) is 20.5 Å². The maximum atomic E-state index is 12.9. The number of aryl methyl sites for hydroxylation is 1. The Morgan fingerprint density at radius 2 is 1.92 bits per heavy atom. The Bertz CT molecular complexity index is 1320. The van der Waals surface area contributed by atoms with Gasteiger partial charge >= 0.3 is 6.03 Å². The molecule has 3 aromatic rings. The van der Waals surface area contributed by atoms with E-state index in [0.29, 0.717) is 11.5 Å². The van der Waals surface area contributed by atoms with Gasteiger partial charge in [-0.05, 0) is 55.0 Å². The lowest BCUT2D eigenvalue weighted by atomic mass is 9.91. The maximum absolute atomic E-state index is 12.9. The SMILES string of the molecule is COc1ccc(CN2C(=O)N[C@H](CCC(=O)N[C@H]3CCCc4c3[nH]c3ccccc43)C2=O)cc1OC. The molecule has 188 valence electrons. The minimum Gasteiger partial charge on any atom is -0.493 e. The van der Waals surface area contributed by atoms with Gasteiger partial charge in [-0.15, -0.1) is 0 Å². The highest BCUT2D eigenvalue weighted by molar-refractivity contribution is 6.04. The van der Waals surface area contributed by atoms with E-state index in [1.807, 2.05) is 12.1 Å². The molecule has 9 heteroatoms. The molecule has 0 radical (unpaired) electrons. The zero-order chi connectivity index (χ0) is 25.2. The quantitative estimate of drug-likeness (QED) is 0.418. The number of nitrogens with zero attached hydrogens (tertiary/aromatic N) is 1. The Morgan fingerprint density at radius 3 is 2.72 bits per heavy atom. The van der Waals surface area contributed by atoms with Gasteiger partial charge in [0.25, 0.3) is 5.91 Å².